The Morgan fingerprint density at radius 2 is 1.55 bits per heavy atom. The molecule has 0 aliphatic carbocycles. The summed E-state index contributed by atoms with van der Waals surface area (Å²) in [6.07, 6.45) is 22.9. The Morgan fingerprint density at radius 1 is 0.950 bits per heavy atom. The second-order valence-electron chi connectivity index (χ2n) is 5.37. The van der Waals surface area contributed by atoms with Gasteiger partial charge in [-0.25, -0.2) is 4.79 Å². The number of hydrogen-bond donors (Lipinski definition) is 0. The largest absolute Gasteiger partial charge is 0.423 e. The fourth-order valence-corrected chi connectivity index (χ4v) is 2.21. The predicted octanol–water partition coefficient (Wildman–Crippen LogP) is 5.46. The van der Waals surface area contributed by atoms with Crippen LogP contribution in [0.15, 0.2) is 36.1 Å². The Morgan fingerprint density at radius 3 is 2.15 bits per heavy atom. The zero-order valence-electron chi connectivity index (χ0n) is 12.8. The highest BCUT2D eigenvalue weighted by molar-refractivity contribution is 5.89. The predicted molar refractivity (Wildman–Crippen MR) is 84.3 cm³/mol. The van der Waals surface area contributed by atoms with Gasteiger partial charge in [-0.05, 0) is 18.9 Å². The molecule has 0 spiro atoms. The first kappa shape index (κ1) is 16.7. The van der Waals surface area contributed by atoms with Gasteiger partial charge in [-0.1, -0.05) is 76.5 Å². The third-order valence-corrected chi connectivity index (χ3v) is 3.46. The van der Waals surface area contributed by atoms with Crippen LogP contribution >= 0.6 is 0 Å². The third-order valence-electron chi connectivity index (χ3n) is 3.46. The van der Waals surface area contributed by atoms with Crippen molar-refractivity contribution in [3.63, 3.8) is 0 Å². The number of hydrogen-bond acceptors (Lipinski definition) is 2. The molecular formula is C18H28O2. The fourth-order valence-electron chi connectivity index (χ4n) is 2.21. The van der Waals surface area contributed by atoms with E-state index in [1.807, 2.05) is 18.2 Å². The minimum atomic E-state index is -0.247. The maximum atomic E-state index is 10.5. The van der Waals surface area contributed by atoms with E-state index in [-0.39, 0.29) is 5.97 Å². The summed E-state index contributed by atoms with van der Waals surface area (Å²) in [6, 6.07) is 0. The molecule has 1 aliphatic heterocycles. The zero-order chi connectivity index (χ0) is 14.5. The van der Waals surface area contributed by atoms with Gasteiger partial charge in [0.25, 0.3) is 0 Å². The second-order valence-corrected chi connectivity index (χ2v) is 5.37. The maximum absolute atomic E-state index is 10.5. The van der Waals surface area contributed by atoms with Gasteiger partial charge in [-0.2, -0.15) is 0 Å². The molecule has 2 heteroatoms. The van der Waals surface area contributed by atoms with Crippen LogP contribution in [0, 0.1) is 0 Å². The lowest BCUT2D eigenvalue weighted by Gasteiger charge is -2.08. The molecule has 0 atom stereocenters. The Balaban J connectivity index is 1.82. The Kier molecular flexibility index (Phi) is 9.64. The Bertz CT molecular complexity index is 350. The number of esters is 1. The molecule has 0 aromatic carbocycles. The molecule has 0 N–H and O–H groups in total. The Hall–Kier alpha value is -1.31. The SMILES string of the molecule is CCCCCCCCCCCC=CC=CC1=CC(=O)O1. The van der Waals surface area contributed by atoms with Crippen LogP contribution < -0.4 is 0 Å². The average molecular weight is 276 g/mol. The van der Waals surface area contributed by atoms with Crippen LogP contribution in [-0.4, -0.2) is 5.97 Å². The first-order valence-electron chi connectivity index (χ1n) is 8.09. The van der Waals surface area contributed by atoms with Crippen molar-refractivity contribution in [1.82, 2.24) is 0 Å². The summed E-state index contributed by atoms with van der Waals surface area (Å²) in [4.78, 5) is 10.5. The van der Waals surface area contributed by atoms with E-state index in [2.05, 4.69) is 13.0 Å². The van der Waals surface area contributed by atoms with E-state index in [4.69, 9.17) is 4.74 Å². The monoisotopic (exact) mass is 276 g/mol. The van der Waals surface area contributed by atoms with Gasteiger partial charge in [-0.3, -0.25) is 0 Å². The Labute approximate surface area is 123 Å². The molecule has 0 bridgehead atoms. The van der Waals surface area contributed by atoms with E-state index in [1.54, 1.807) is 0 Å². The molecule has 112 valence electrons. The highest BCUT2D eigenvalue weighted by atomic mass is 16.6. The lowest BCUT2D eigenvalue weighted by molar-refractivity contribution is -0.137. The van der Waals surface area contributed by atoms with Crippen molar-refractivity contribution in [2.45, 2.75) is 71.1 Å². The van der Waals surface area contributed by atoms with Crippen LogP contribution in [0.4, 0.5) is 0 Å². The molecule has 1 rings (SSSR count). The van der Waals surface area contributed by atoms with Crippen molar-refractivity contribution in [2.75, 3.05) is 0 Å². The lowest BCUT2D eigenvalue weighted by atomic mass is 10.1. The van der Waals surface area contributed by atoms with Gasteiger partial charge in [0, 0.05) is 0 Å². The van der Waals surface area contributed by atoms with Gasteiger partial charge < -0.3 is 4.74 Å². The van der Waals surface area contributed by atoms with Crippen LogP contribution in [0.25, 0.3) is 0 Å². The molecule has 1 aliphatic rings. The normalized spacial score (nSPS) is 14.7. The van der Waals surface area contributed by atoms with E-state index in [9.17, 15) is 4.79 Å². The standard InChI is InChI=1S/C18H28O2/c1-2-3-4-5-6-7-8-9-10-11-12-13-14-15-17-16-18(19)20-17/h12-16H,2-11H2,1H3. The number of allylic oxidation sites excluding steroid dienone is 4. The molecule has 0 aromatic rings. The number of unbranched alkanes of at least 4 members (excludes halogenated alkanes) is 9. The summed E-state index contributed by atoms with van der Waals surface area (Å²) in [5, 5.41) is 0. The van der Waals surface area contributed by atoms with Gasteiger partial charge in [0.1, 0.15) is 5.76 Å². The van der Waals surface area contributed by atoms with Crippen LogP contribution in [0.1, 0.15) is 71.1 Å². The van der Waals surface area contributed by atoms with Crippen molar-refractivity contribution < 1.29 is 9.53 Å². The van der Waals surface area contributed by atoms with Crippen LogP contribution in [0.5, 0.6) is 0 Å². The lowest BCUT2D eigenvalue weighted by Crippen LogP contribution is -2.10. The quantitative estimate of drug-likeness (QED) is 0.269. The fraction of sp³-hybridized carbons (Fsp3) is 0.611. The van der Waals surface area contributed by atoms with Crippen LogP contribution in [-0.2, 0) is 9.53 Å². The highest BCUT2D eigenvalue weighted by Crippen LogP contribution is 2.12. The van der Waals surface area contributed by atoms with Crippen molar-refractivity contribution in [3.05, 3.63) is 36.1 Å². The number of rotatable bonds is 12. The molecule has 1 heterocycles. The van der Waals surface area contributed by atoms with Crippen molar-refractivity contribution in [2.24, 2.45) is 0 Å². The summed E-state index contributed by atoms with van der Waals surface area (Å²) in [5.41, 5.74) is 0. The number of cyclic esters (lactones) is 1. The molecule has 0 amide bonds. The molecule has 0 saturated heterocycles. The molecule has 0 saturated carbocycles. The zero-order valence-corrected chi connectivity index (χ0v) is 12.8. The number of carbonyl (C=O) groups excluding carboxylic acids is 1. The van der Waals surface area contributed by atoms with Gasteiger partial charge >= 0.3 is 5.97 Å². The summed E-state index contributed by atoms with van der Waals surface area (Å²) in [6.45, 7) is 2.26. The van der Waals surface area contributed by atoms with Gasteiger partial charge in [0.2, 0.25) is 0 Å². The highest BCUT2D eigenvalue weighted by Gasteiger charge is 2.12. The molecule has 2 nitrogen and oxygen atoms in total. The number of carbonyl (C=O) groups is 1. The van der Waals surface area contributed by atoms with E-state index in [1.165, 1.54) is 63.9 Å². The minimum Gasteiger partial charge on any atom is -0.423 e. The first-order valence-corrected chi connectivity index (χ1v) is 8.09. The van der Waals surface area contributed by atoms with E-state index in [0.29, 0.717) is 5.76 Å². The molecule has 20 heavy (non-hydrogen) atoms. The summed E-state index contributed by atoms with van der Waals surface area (Å²) >= 11 is 0. The molecule has 0 fully saturated rings. The van der Waals surface area contributed by atoms with Crippen molar-refractivity contribution in [3.8, 4) is 0 Å². The summed E-state index contributed by atoms with van der Waals surface area (Å²) in [7, 11) is 0. The van der Waals surface area contributed by atoms with Crippen molar-refractivity contribution >= 4 is 5.97 Å². The van der Waals surface area contributed by atoms with Crippen LogP contribution in [0.3, 0.4) is 0 Å². The summed E-state index contributed by atoms with van der Waals surface area (Å²) in [5.74, 6) is 0.408. The average Bonchev–Trinajstić information content (AvgIpc) is 2.41. The number of ether oxygens (including phenoxy) is 1. The van der Waals surface area contributed by atoms with Gasteiger partial charge in [0.05, 0.1) is 6.08 Å². The third kappa shape index (κ3) is 8.73. The van der Waals surface area contributed by atoms with E-state index in [0.717, 1.165) is 6.42 Å². The van der Waals surface area contributed by atoms with Gasteiger partial charge in [0.15, 0.2) is 0 Å². The smallest absolute Gasteiger partial charge is 0.339 e. The minimum absolute atomic E-state index is 0.247. The molecule has 0 radical (unpaired) electrons. The molecule has 0 aromatic heterocycles. The van der Waals surface area contributed by atoms with Gasteiger partial charge in [-0.15, -0.1) is 0 Å². The molecular weight excluding hydrogens is 248 g/mol. The van der Waals surface area contributed by atoms with E-state index < -0.39 is 0 Å². The van der Waals surface area contributed by atoms with Crippen LogP contribution in [0.2, 0.25) is 0 Å². The first-order chi connectivity index (χ1) is 9.83. The van der Waals surface area contributed by atoms with E-state index >= 15 is 0 Å². The topological polar surface area (TPSA) is 26.3 Å². The second kappa shape index (κ2) is 11.5. The summed E-state index contributed by atoms with van der Waals surface area (Å²) < 4.78 is 4.75. The maximum Gasteiger partial charge on any atom is 0.339 e. The van der Waals surface area contributed by atoms with Crippen molar-refractivity contribution in [1.29, 1.82) is 0 Å². The molecule has 0 unspecified atom stereocenters.